The number of nitrogens with zero attached hydrogens (tertiary/aromatic N) is 5. The molecule has 200 valence electrons. The average Bonchev–Trinajstić information content (AvgIpc) is 3.78. The molecule has 0 fully saturated rings. The first-order valence-corrected chi connectivity index (χ1v) is 14.5. The molecule has 0 unspecified atom stereocenters. The van der Waals surface area contributed by atoms with E-state index in [2.05, 4.69) is 129 Å². The second-order valence-electron chi connectivity index (χ2n) is 11.1. The predicted octanol–water partition coefficient (Wildman–Crippen LogP) is 9.23. The lowest BCUT2D eigenvalue weighted by atomic mass is 10.0. The Kier molecular flexibility index (Phi) is 4.39. The molecular weight excluding hydrogens is 526 g/mol. The van der Waals surface area contributed by atoms with Gasteiger partial charge in [0.15, 0.2) is 5.65 Å². The van der Waals surface area contributed by atoms with Gasteiger partial charge in [-0.1, -0.05) is 66.7 Å². The van der Waals surface area contributed by atoms with Gasteiger partial charge in [0.1, 0.15) is 5.52 Å². The Morgan fingerprint density at radius 1 is 0.442 bits per heavy atom. The van der Waals surface area contributed by atoms with Gasteiger partial charge in [-0.2, -0.15) is 0 Å². The van der Waals surface area contributed by atoms with Gasteiger partial charge in [0, 0.05) is 62.3 Å². The highest BCUT2D eigenvalue weighted by molar-refractivity contribution is 6.28. The molecule has 0 atom stereocenters. The van der Waals surface area contributed by atoms with Crippen LogP contribution < -0.4 is 0 Å². The van der Waals surface area contributed by atoms with Gasteiger partial charge in [0.2, 0.25) is 0 Å². The fourth-order valence-electron chi connectivity index (χ4n) is 7.18. The molecule has 5 heteroatoms. The highest BCUT2D eigenvalue weighted by Gasteiger charge is 2.22. The largest absolute Gasteiger partial charge is 0.309 e. The van der Waals surface area contributed by atoms with Gasteiger partial charge in [-0.15, -0.1) is 0 Å². The molecule has 0 amide bonds. The average molecular weight is 550 g/mol. The van der Waals surface area contributed by atoms with E-state index in [-0.39, 0.29) is 0 Å². The van der Waals surface area contributed by atoms with E-state index in [9.17, 15) is 0 Å². The number of pyridine rings is 2. The number of rotatable bonds is 2. The number of para-hydroxylation sites is 3. The number of imidazole rings is 1. The molecule has 0 saturated heterocycles. The van der Waals surface area contributed by atoms with Crippen LogP contribution in [0, 0.1) is 0 Å². The normalized spacial score (nSPS) is 12.2. The molecule has 0 aliphatic rings. The fraction of sp³-hybridized carbons (Fsp3) is 0. The van der Waals surface area contributed by atoms with Crippen molar-refractivity contribution < 1.29 is 0 Å². The van der Waals surface area contributed by atoms with Crippen molar-refractivity contribution in [2.75, 3.05) is 0 Å². The van der Waals surface area contributed by atoms with E-state index in [1.54, 1.807) is 0 Å². The second kappa shape index (κ2) is 8.30. The Balaban J connectivity index is 1.48. The Labute approximate surface area is 245 Å². The molecule has 5 aromatic heterocycles. The van der Waals surface area contributed by atoms with Crippen LogP contribution in [-0.2, 0) is 0 Å². The van der Waals surface area contributed by atoms with E-state index in [1.807, 2.05) is 24.7 Å². The molecule has 0 spiro atoms. The van der Waals surface area contributed by atoms with Gasteiger partial charge >= 0.3 is 0 Å². The zero-order valence-electron chi connectivity index (χ0n) is 23.0. The van der Waals surface area contributed by atoms with E-state index < -0.39 is 0 Å². The molecule has 0 N–H and O–H groups in total. The first kappa shape index (κ1) is 22.7. The summed E-state index contributed by atoms with van der Waals surface area (Å²) in [4.78, 5) is 9.44. The van der Waals surface area contributed by atoms with Crippen LogP contribution in [0.1, 0.15) is 0 Å². The van der Waals surface area contributed by atoms with Crippen LogP contribution in [0.5, 0.6) is 0 Å². The standard InChI is InChI=1S/C38H23N5/c1-3-10-24(11-4-1)42-31-16-8-7-14-28(31)35-32(42)18-17-27-30-22-33-29(23-34(30)43(37(27)35)25-12-5-2-6-13-25)26-15-9-19-39-36(26)38-40-20-21-41(33)38/h1-23H. The fourth-order valence-corrected chi connectivity index (χ4v) is 7.18. The lowest BCUT2D eigenvalue weighted by Gasteiger charge is -2.11. The van der Waals surface area contributed by atoms with Gasteiger partial charge in [0.05, 0.1) is 27.6 Å². The first-order chi connectivity index (χ1) is 21.4. The lowest BCUT2D eigenvalue weighted by Crippen LogP contribution is -1.96. The predicted molar refractivity (Wildman–Crippen MR) is 177 cm³/mol. The summed E-state index contributed by atoms with van der Waals surface area (Å²) in [5.74, 6) is 0. The molecule has 10 aromatic rings. The van der Waals surface area contributed by atoms with Crippen LogP contribution in [0.15, 0.2) is 140 Å². The molecule has 5 aromatic carbocycles. The van der Waals surface area contributed by atoms with Crippen LogP contribution in [0.3, 0.4) is 0 Å². The first-order valence-electron chi connectivity index (χ1n) is 14.5. The number of hydrogen-bond acceptors (Lipinski definition) is 2. The SMILES string of the molecule is c1ccc(-n2c3ccccc3c3c2ccc2c4cc5c(cc4n(-c4ccccc4)c23)c2cccnc2c2nccn52)cc1. The minimum Gasteiger partial charge on any atom is -0.309 e. The van der Waals surface area contributed by atoms with Gasteiger partial charge in [-0.05, 0) is 54.6 Å². The van der Waals surface area contributed by atoms with Gasteiger partial charge in [0.25, 0.3) is 0 Å². The zero-order valence-corrected chi connectivity index (χ0v) is 23.0. The molecule has 0 aliphatic carbocycles. The quantitative estimate of drug-likeness (QED) is 0.202. The third-order valence-electron chi connectivity index (χ3n) is 8.92. The smallest absolute Gasteiger partial charge is 0.163 e. The third-order valence-corrected chi connectivity index (χ3v) is 8.92. The van der Waals surface area contributed by atoms with Crippen LogP contribution in [0.4, 0.5) is 0 Å². The van der Waals surface area contributed by atoms with Crippen LogP contribution in [0.25, 0.3) is 82.4 Å². The third kappa shape index (κ3) is 2.95. The van der Waals surface area contributed by atoms with E-state index in [0.717, 1.165) is 38.8 Å². The van der Waals surface area contributed by atoms with E-state index in [4.69, 9.17) is 9.97 Å². The molecule has 0 aliphatic heterocycles. The summed E-state index contributed by atoms with van der Waals surface area (Å²) in [7, 11) is 0. The van der Waals surface area contributed by atoms with Crippen molar-refractivity contribution in [3.63, 3.8) is 0 Å². The summed E-state index contributed by atoms with van der Waals surface area (Å²) >= 11 is 0. The molecule has 10 rings (SSSR count). The van der Waals surface area contributed by atoms with Crippen molar-refractivity contribution in [3.05, 3.63) is 140 Å². The highest BCUT2D eigenvalue weighted by atomic mass is 15.0. The zero-order chi connectivity index (χ0) is 28.1. The van der Waals surface area contributed by atoms with Crippen molar-refractivity contribution in [1.29, 1.82) is 0 Å². The maximum Gasteiger partial charge on any atom is 0.163 e. The minimum absolute atomic E-state index is 0.877. The van der Waals surface area contributed by atoms with Gasteiger partial charge in [-0.25, -0.2) is 4.98 Å². The summed E-state index contributed by atoms with van der Waals surface area (Å²) in [6, 6.07) is 43.6. The Morgan fingerprint density at radius 3 is 1.98 bits per heavy atom. The van der Waals surface area contributed by atoms with Crippen molar-refractivity contribution >= 4 is 71.1 Å². The number of aromatic nitrogens is 5. The molecule has 0 radical (unpaired) electrons. The lowest BCUT2D eigenvalue weighted by molar-refractivity contribution is 1.17. The molecule has 5 nitrogen and oxygen atoms in total. The highest BCUT2D eigenvalue weighted by Crippen LogP contribution is 2.43. The minimum atomic E-state index is 0.877. The maximum absolute atomic E-state index is 4.75. The molecule has 43 heavy (non-hydrogen) atoms. The Bertz CT molecular complexity index is 2710. The van der Waals surface area contributed by atoms with Gasteiger partial charge < -0.3 is 9.13 Å². The van der Waals surface area contributed by atoms with Crippen LogP contribution in [0.2, 0.25) is 0 Å². The van der Waals surface area contributed by atoms with Crippen molar-refractivity contribution in [1.82, 2.24) is 23.5 Å². The maximum atomic E-state index is 4.75. The summed E-state index contributed by atoms with van der Waals surface area (Å²) in [6.45, 7) is 0. The Hall–Kier alpha value is -5.94. The summed E-state index contributed by atoms with van der Waals surface area (Å²) in [6.07, 6.45) is 5.75. The van der Waals surface area contributed by atoms with Crippen LogP contribution >= 0.6 is 0 Å². The van der Waals surface area contributed by atoms with Crippen molar-refractivity contribution in [2.45, 2.75) is 0 Å². The van der Waals surface area contributed by atoms with Crippen molar-refractivity contribution in [3.8, 4) is 11.4 Å². The van der Waals surface area contributed by atoms with E-state index in [0.29, 0.717) is 0 Å². The summed E-state index contributed by atoms with van der Waals surface area (Å²) in [5.41, 5.74) is 9.97. The van der Waals surface area contributed by atoms with Crippen molar-refractivity contribution in [2.24, 2.45) is 0 Å². The second-order valence-corrected chi connectivity index (χ2v) is 11.1. The summed E-state index contributed by atoms with van der Waals surface area (Å²) < 4.78 is 7.02. The molecule has 0 bridgehead atoms. The molecular formula is C38H23N5. The number of fused-ring (bicyclic) bond motifs is 13. The number of hydrogen-bond donors (Lipinski definition) is 0. The molecule has 5 heterocycles. The van der Waals surface area contributed by atoms with E-state index in [1.165, 1.54) is 43.6 Å². The summed E-state index contributed by atoms with van der Waals surface area (Å²) in [5, 5.41) is 7.19. The monoisotopic (exact) mass is 549 g/mol. The van der Waals surface area contributed by atoms with Gasteiger partial charge in [-0.3, -0.25) is 9.38 Å². The van der Waals surface area contributed by atoms with E-state index >= 15 is 0 Å². The molecule has 0 saturated carbocycles. The topological polar surface area (TPSA) is 40.0 Å². The Morgan fingerprint density at radius 2 is 1.14 bits per heavy atom. The number of benzene rings is 5. The van der Waals surface area contributed by atoms with Crippen LogP contribution in [-0.4, -0.2) is 23.5 Å².